The van der Waals surface area contributed by atoms with Gasteiger partial charge in [-0.25, -0.2) is 4.79 Å². The fraction of sp³-hybridized carbons (Fsp3) is 0.571. The van der Waals surface area contributed by atoms with Crippen molar-refractivity contribution in [1.82, 2.24) is 30.0 Å². The predicted octanol–water partition coefficient (Wildman–Crippen LogP) is 0.0910. The van der Waals surface area contributed by atoms with Gasteiger partial charge in [-0.05, 0) is 53.9 Å². The molecule has 1 aliphatic heterocycles. The standard InChI is InChI=1S/C14H20N6O2S/c1-2-18-7-3-5-11(18)9-15-12(21)10-19-14(22)20(17-16-19)13-6-4-8-23-13/h4,6,8,11H,2-3,5,7,9-10H2,1H3,(H,15,21). The molecule has 2 aromatic rings. The Hall–Kier alpha value is -2.00. The normalized spacial score (nSPS) is 18.4. The minimum absolute atomic E-state index is 0.108. The van der Waals surface area contributed by atoms with Gasteiger partial charge >= 0.3 is 5.69 Å². The van der Waals surface area contributed by atoms with Gasteiger partial charge in [0.25, 0.3) is 0 Å². The molecule has 0 radical (unpaired) electrons. The lowest BCUT2D eigenvalue weighted by atomic mass is 10.2. The molecule has 124 valence electrons. The molecule has 23 heavy (non-hydrogen) atoms. The number of hydrogen-bond acceptors (Lipinski definition) is 6. The molecule has 3 heterocycles. The van der Waals surface area contributed by atoms with Crippen LogP contribution in [-0.4, -0.2) is 56.3 Å². The molecule has 0 bridgehead atoms. The van der Waals surface area contributed by atoms with E-state index in [0.717, 1.165) is 24.2 Å². The Balaban J connectivity index is 1.57. The first-order chi connectivity index (χ1) is 11.2. The number of amides is 1. The maximum atomic E-state index is 12.2. The van der Waals surface area contributed by atoms with Gasteiger partial charge < -0.3 is 5.32 Å². The van der Waals surface area contributed by atoms with Crippen LogP contribution >= 0.6 is 11.3 Å². The lowest BCUT2D eigenvalue weighted by Gasteiger charge is -2.22. The Morgan fingerprint density at radius 2 is 2.35 bits per heavy atom. The lowest BCUT2D eigenvalue weighted by molar-refractivity contribution is -0.122. The molecular weight excluding hydrogens is 316 g/mol. The number of nitrogens with zero attached hydrogens (tertiary/aromatic N) is 5. The second-order valence-corrected chi connectivity index (χ2v) is 6.44. The Kier molecular flexibility index (Phi) is 4.87. The van der Waals surface area contributed by atoms with Crippen LogP contribution in [0.25, 0.3) is 5.00 Å². The maximum absolute atomic E-state index is 12.2. The minimum atomic E-state index is -0.404. The number of aromatic nitrogens is 4. The third kappa shape index (κ3) is 3.50. The average molecular weight is 336 g/mol. The maximum Gasteiger partial charge on any atom is 0.369 e. The highest BCUT2D eigenvalue weighted by molar-refractivity contribution is 7.12. The van der Waals surface area contributed by atoms with Crippen molar-refractivity contribution in [2.45, 2.75) is 32.4 Å². The van der Waals surface area contributed by atoms with E-state index in [9.17, 15) is 9.59 Å². The highest BCUT2D eigenvalue weighted by atomic mass is 32.1. The van der Waals surface area contributed by atoms with Crippen LogP contribution in [0.3, 0.4) is 0 Å². The summed E-state index contributed by atoms with van der Waals surface area (Å²) in [6.45, 7) is 4.72. The SMILES string of the molecule is CCN1CCCC1CNC(=O)Cn1nnn(-c2cccs2)c1=O. The van der Waals surface area contributed by atoms with E-state index in [1.165, 1.54) is 22.4 Å². The largest absolute Gasteiger partial charge is 0.369 e. The van der Waals surface area contributed by atoms with Crippen molar-refractivity contribution in [2.75, 3.05) is 19.6 Å². The summed E-state index contributed by atoms with van der Waals surface area (Å²) >= 11 is 1.39. The second-order valence-electron chi connectivity index (χ2n) is 5.51. The van der Waals surface area contributed by atoms with Crippen molar-refractivity contribution < 1.29 is 4.79 Å². The third-order valence-corrected chi connectivity index (χ3v) is 4.93. The molecule has 0 aromatic carbocycles. The van der Waals surface area contributed by atoms with Crippen LogP contribution in [0, 0.1) is 0 Å². The molecule has 1 fully saturated rings. The summed E-state index contributed by atoms with van der Waals surface area (Å²) in [5.41, 5.74) is -0.404. The number of nitrogens with one attached hydrogen (secondary N) is 1. The molecule has 0 spiro atoms. The van der Waals surface area contributed by atoms with Crippen molar-refractivity contribution >= 4 is 17.2 Å². The summed E-state index contributed by atoms with van der Waals surface area (Å²) in [5, 5.41) is 13.0. The first-order valence-electron chi connectivity index (χ1n) is 7.76. The monoisotopic (exact) mass is 336 g/mol. The smallest absolute Gasteiger partial charge is 0.353 e. The average Bonchev–Trinajstić information content (AvgIpc) is 3.27. The Morgan fingerprint density at radius 1 is 1.48 bits per heavy atom. The summed E-state index contributed by atoms with van der Waals surface area (Å²) in [4.78, 5) is 26.6. The van der Waals surface area contributed by atoms with Crippen molar-refractivity contribution in [3.63, 3.8) is 0 Å². The highest BCUT2D eigenvalue weighted by Crippen LogP contribution is 2.15. The van der Waals surface area contributed by atoms with Gasteiger partial charge in [-0.1, -0.05) is 6.92 Å². The van der Waals surface area contributed by atoms with Crippen LogP contribution in [0.15, 0.2) is 22.3 Å². The van der Waals surface area contributed by atoms with Gasteiger partial charge in [0, 0.05) is 12.6 Å². The predicted molar refractivity (Wildman–Crippen MR) is 86.8 cm³/mol. The van der Waals surface area contributed by atoms with E-state index < -0.39 is 5.69 Å². The fourth-order valence-electron chi connectivity index (χ4n) is 2.87. The van der Waals surface area contributed by atoms with Crippen molar-refractivity contribution in [1.29, 1.82) is 0 Å². The van der Waals surface area contributed by atoms with Crippen LogP contribution in [0.1, 0.15) is 19.8 Å². The number of rotatable bonds is 6. The van der Waals surface area contributed by atoms with Crippen molar-refractivity contribution in [3.05, 3.63) is 28.0 Å². The quantitative estimate of drug-likeness (QED) is 0.808. The van der Waals surface area contributed by atoms with Gasteiger partial charge in [0.2, 0.25) is 5.91 Å². The molecule has 1 aliphatic rings. The number of hydrogen-bond donors (Lipinski definition) is 1. The van der Waals surface area contributed by atoms with Gasteiger partial charge in [-0.2, -0.15) is 9.36 Å². The van der Waals surface area contributed by atoms with Crippen molar-refractivity contribution in [3.8, 4) is 5.00 Å². The molecule has 0 aliphatic carbocycles. The van der Waals surface area contributed by atoms with E-state index in [4.69, 9.17) is 0 Å². The van der Waals surface area contributed by atoms with Crippen molar-refractivity contribution in [2.24, 2.45) is 0 Å². The molecule has 0 saturated carbocycles. The van der Waals surface area contributed by atoms with Gasteiger partial charge in [0.1, 0.15) is 11.5 Å². The topological polar surface area (TPSA) is 85.1 Å². The zero-order valence-electron chi connectivity index (χ0n) is 13.0. The first kappa shape index (κ1) is 15.9. The molecule has 9 heteroatoms. The fourth-order valence-corrected chi connectivity index (χ4v) is 3.54. The minimum Gasteiger partial charge on any atom is -0.353 e. The number of carbonyl (C=O) groups excluding carboxylic acids is 1. The van der Waals surface area contributed by atoms with Crippen LogP contribution in [0.4, 0.5) is 0 Å². The molecule has 3 rings (SSSR count). The van der Waals surface area contributed by atoms with Gasteiger partial charge in [0.15, 0.2) is 0 Å². The van der Waals surface area contributed by atoms with Gasteiger partial charge in [-0.3, -0.25) is 9.69 Å². The summed E-state index contributed by atoms with van der Waals surface area (Å²) in [6, 6.07) is 4.01. The Morgan fingerprint density at radius 3 is 3.09 bits per heavy atom. The number of tetrazole rings is 1. The molecular formula is C14H20N6O2S. The molecule has 1 N–H and O–H groups in total. The molecule has 2 aromatic heterocycles. The van der Waals surface area contributed by atoms with Crippen LogP contribution in [0.5, 0.6) is 0 Å². The molecule has 1 atom stereocenters. The zero-order valence-corrected chi connectivity index (χ0v) is 13.8. The van der Waals surface area contributed by atoms with Crippen LogP contribution in [-0.2, 0) is 11.3 Å². The van der Waals surface area contributed by atoms with E-state index in [1.54, 1.807) is 6.07 Å². The lowest BCUT2D eigenvalue weighted by Crippen LogP contribution is -2.42. The van der Waals surface area contributed by atoms with E-state index in [2.05, 4.69) is 27.6 Å². The summed E-state index contributed by atoms with van der Waals surface area (Å²) in [7, 11) is 0. The van der Waals surface area contributed by atoms with Gasteiger partial charge in [-0.15, -0.1) is 11.3 Å². The first-order valence-corrected chi connectivity index (χ1v) is 8.64. The number of likely N-dealkylation sites (N-methyl/N-ethyl adjacent to an activating group) is 1. The highest BCUT2D eigenvalue weighted by Gasteiger charge is 2.23. The zero-order chi connectivity index (χ0) is 16.2. The number of likely N-dealkylation sites (tertiary alicyclic amines) is 1. The summed E-state index contributed by atoms with van der Waals surface area (Å²) < 4.78 is 2.29. The van der Waals surface area contributed by atoms with E-state index >= 15 is 0 Å². The summed E-state index contributed by atoms with van der Waals surface area (Å²) in [5.74, 6) is -0.215. The van der Waals surface area contributed by atoms with Crippen LogP contribution < -0.4 is 11.0 Å². The summed E-state index contributed by atoms with van der Waals surface area (Å²) in [6.07, 6.45) is 2.27. The molecule has 1 saturated heterocycles. The third-order valence-electron chi connectivity index (χ3n) is 4.09. The Bertz CT molecular complexity index is 707. The molecule has 1 amide bonds. The number of thiophene rings is 1. The van der Waals surface area contributed by atoms with E-state index in [-0.39, 0.29) is 12.5 Å². The van der Waals surface area contributed by atoms with E-state index in [0.29, 0.717) is 17.6 Å². The number of carbonyl (C=O) groups is 1. The van der Waals surface area contributed by atoms with Gasteiger partial charge in [0.05, 0.1) is 0 Å². The second kappa shape index (κ2) is 7.05. The Labute approximate surface area is 137 Å². The molecule has 8 nitrogen and oxygen atoms in total. The van der Waals surface area contributed by atoms with E-state index in [1.807, 2.05) is 11.4 Å². The molecule has 1 unspecified atom stereocenters. The van der Waals surface area contributed by atoms with Crippen LogP contribution in [0.2, 0.25) is 0 Å².